The van der Waals surface area contributed by atoms with Crippen molar-refractivity contribution in [3.05, 3.63) is 52.0 Å². The second kappa shape index (κ2) is 7.54. The van der Waals surface area contributed by atoms with Crippen LogP contribution in [0.2, 0.25) is 10.0 Å². The number of carbonyl (C=O) groups excluding carboxylic acids is 1. The Bertz CT molecular complexity index is 786. The summed E-state index contributed by atoms with van der Waals surface area (Å²) in [6, 6.07) is 10.3. The van der Waals surface area contributed by atoms with Crippen LogP contribution in [0.4, 0.5) is 17.1 Å². The van der Waals surface area contributed by atoms with Crippen molar-refractivity contribution >= 4 is 46.2 Å². The van der Waals surface area contributed by atoms with Gasteiger partial charge in [0.2, 0.25) is 0 Å². The number of piperidine rings is 1. The number of nitrogens with two attached hydrogens (primary N) is 1. The zero-order chi connectivity index (χ0) is 18.0. The van der Waals surface area contributed by atoms with Gasteiger partial charge in [0.15, 0.2) is 0 Å². The number of rotatable bonds is 3. The number of nitrogens with zero attached hydrogens (tertiary/aromatic N) is 1. The lowest BCUT2D eigenvalue weighted by molar-refractivity contribution is 0.102. The normalized spacial score (nSPS) is 15.2. The lowest BCUT2D eigenvalue weighted by Gasteiger charge is -2.33. The van der Waals surface area contributed by atoms with Crippen LogP contribution in [0.25, 0.3) is 0 Å². The van der Waals surface area contributed by atoms with Crippen LogP contribution < -0.4 is 16.0 Å². The minimum absolute atomic E-state index is 0.257. The van der Waals surface area contributed by atoms with E-state index in [9.17, 15) is 4.79 Å². The summed E-state index contributed by atoms with van der Waals surface area (Å²) in [6.07, 6.45) is 2.26. The van der Waals surface area contributed by atoms with Crippen molar-refractivity contribution in [1.29, 1.82) is 0 Å². The number of nitrogens with one attached hydrogen (secondary N) is 1. The molecule has 25 heavy (non-hydrogen) atoms. The molecule has 2 aromatic rings. The van der Waals surface area contributed by atoms with Gasteiger partial charge in [-0.3, -0.25) is 4.79 Å². The van der Waals surface area contributed by atoms with Gasteiger partial charge in [-0.15, -0.1) is 0 Å². The van der Waals surface area contributed by atoms with Crippen LogP contribution in [0.1, 0.15) is 30.1 Å². The molecular weight excluding hydrogens is 357 g/mol. The van der Waals surface area contributed by atoms with Crippen molar-refractivity contribution < 1.29 is 4.79 Å². The summed E-state index contributed by atoms with van der Waals surface area (Å²) in [5.74, 6) is 0.471. The second-order valence-electron chi connectivity index (χ2n) is 6.52. The van der Waals surface area contributed by atoms with E-state index in [2.05, 4.69) is 17.1 Å². The van der Waals surface area contributed by atoms with Gasteiger partial charge in [0, 0.05) is 23.7 Å². The van der Waals surface area contributed by atoms with Crippen molar-refractivity contribution in [2.24, 2.45) is 5.92 Å². The van der Waals surface area contributed by atoms with E-state index in [-0.39, 0.29) is 5.91 Å². The predicted molar refractivity (Wildman–Crippen MR) is 106 cm³/mol. The highest BCUT2D eigenvalue weighted by Gasteiger charge is 2.20. The van der Waals surface area contributed by atoms with E-state index < -0.39 is 0 Å². The first-order chi connectivity index (χ1) is 11.9. The van der Waals surface area contributed by atoms with Gasteiger partial charge in [0.1, 0.15) is 0 Å². The first-order valence-electron chi connectivity index (χ1n) is 8.35. The van der Waals surface area contributed by atoms with Crippen LogP contribution >= 0.6 is 23.2 Å². The number of benzene rings is 2. The highest BCUT2D eigenvalue weighted by molar-refractivity contribution is 6.34. The van der Waals surface area contributed by atoms with Gasteiger partial charge in [-0.2, -0.15) is 0 Å². The monoisotopic (exact) mass is 377 g/mol. The molecule has 4 nitrogen and oxygen atoms in total. The topological polar surface area (TPSA) is 58.4 Å². The molecule has 3 rings (SSSR count). The average molecular weight is 378 g/mol. The van der Waals surface area contributed by atoms with Gasteiger partial charge < -0.3 is 16.0 Å². The van der Waals surface area contributed by atoms with E-state index in [0.717, 1.165) is 37.5 Å². The summed E-state index contributed by atoms with van der Waals surface area (Å²) in [6.45, 7) is 4.17. The fourth-order valence-electron chi connectivity index (χ4n) is 3.02. The van der Waals surface area contributed by atoms with Crippen LogP contribution in [0.5, 0.6) is 0 Å². The zero-order valence-corrected chi connectivity index (χ0v) is 15.6. The Kier molecular flexibility index (Phi) is 5.40. The molecule has 1 aliphatic rings. The van der Waals surface area contributed by atoms with Crippen LogP contribution in [-0.2, 0) is 0 Å². The molecule has 1 aliphatic heterocycles. The lowest BCUT2D eigenvalue weighted by Crippen LogP contribution is -2.33. The molecule has 2 aromatic carbocycles. The summed E-state index contributed by atoms with van der Waals surface area (Å²) in [4.78, 5) is 14.7. The quantitative estimate of drug-likeness (QED) is 0.734. The number of amides is 1. The smallest absolute Gasteiger partial charge is 0.255 e. The summed E-state index contributed by atoms with van der Waals surface area (Å²) < 4.78 is 0. The van der Waals surface area contributed by atoms with Gasteiger partial charge in [-0.25, -0.2) is 0 Å². The second-order valence-corrected chi connectivity index (χ2v) is 7.37. The highest BCUT2D eigenvalue weighted by atomic mass is 35.5. The average Bonchev–Trinajstić information content (AvgIpc) is 2.58. The van der Waals surface area contributed by atoms with Crippen molar-refractivity contribution in [3.8, 4) is 0 Å². The molecule has 0 saturated carbocycles. The number of hydrogen-bond acceptors (Lipinski definition) is 3. The number of carbonyl (C=O) groups is 1. The Balaban J connectivity index is 1.84. The van der Waals surface area contributed by atoms with E-state index in [1.54, 1.807) is 30.3 Å². The largest absolute Gasteiger partial charge is 0.397 e. The van der Waals surface area contributed by atoms with E-state index >= 15 is 0 Å². The molecule has 1 heterocycles. The Morgan fingerprint density at radius 1 is 1.20 bits per heavy atom. The van der Waals surface area contributed by atoms with Gasteiger partial charge in [0.25, 0.3) is 5.91 Å². The third-order valence-electron chi connectivity index (χ3n) is 4.58. The summed E-state index contributed by atoms with van der Waals surface area (Å²) in [5, 5.41) is 3.79. The van der Waals surface area contributed by atoms with E-state index in [4.69, 9.17) is 28.9 Å². The van der Waals surface area contributed by atoms with Gasteiger partial charge in [-0.1, -0.05) is 36.2 Å². The molecule has 0 aliphatic carbocycles. The number of nitrogen functional groups attached to an aromatic ring is 1. The minimum atomic E-state index is -0.257. The molecule has 1 fully saturated rings. The molecule has 132 valence electrons. The van der Waals surface area contributed by atoms with Crippen molar-refractivity contribution in [3.63, 3.8) is 0 Å². The zero-order valence-electron chi connectivity index (χ0n) is 14.1. The first-order valence-corrected chi connectivity index (χ1v) is 9.10. The summed E-state index contributed by atoms with van der Waals surface area (Å²) >= 11 is 12.2. The molecule has 0 aromatic heterocycles. The molecule has 6 heteroatoms. The SMILES string of the molecule is CC1CCN(c2cc(NC(=O)c3cccc(Cl)c3)c(Cl)cc2N)CC1. The molecule has 3 N–H and O–H groups in total. The first kappa shape index (κ1) is 17.9. The van der Waals surface area contributed by atoms with Gasteiger partial charge in [-0.05, 0) is 49.1 Å². The molecular formula is C19H21Cl2N3O. The maximum absolute atomic E-state index is 12.5. The Hall–Kier alpha value is -1.91. The summed E-state index contributed by atoms with van der Waals surface area (Å²) in [5.41, 5.74) is 8.73. The lowest BCUT2D eigenvalue weighted by atomic mass is 9.98. The molecule has 1 amide bonds. The Labute approximate surface area is 157 Å². The Morgan fingerprint density at radius 3 is 2.60 bits per heavy atom. The van der Waals surface area contributed by atoms with Crippen molar-refractivity contribution in [2.75, 3.05) is 29.0 Å². The maximum Gasteiger partial charge on any atom is 0.255 e. The van der Waals surface area contributed by atoms with Crippen molar-refractivity contribution in [2.45, 2.75) is 19.8 Å². The fourth-order valence-corrected chi connectivity index (χ4v) is 3.43. The third-order valence-corrected chi connectivity index (χ3v) is 5.12. The van der Waals surface area contributed by atoms with Crippen LogP contribution in [0.3, 0.4) is 0 Å². The molecule has 1 saturated heterocycles. The van der Waals surface area contributed by atoms with E-state index in [0.29, 0.717) is 27.0 Å². The number of halogens is 2. The molecule has 0 spiro atoms. The van der Waals surface area contributed by atoms with Crippen molar-refractivity contribution in [1.82, 2.24) is 0 Å². The molecule has 0 atom stereocenters. The fraction of sp³-hybridized carbons (Fsp3) is 0.316. The number of anilines is 3. The molecule has 0 unspecified atom stereocenters. The molecule has 0 bridgehead atoms. The molecule has 0 radical (unpaired) electrons. The van der Waals surface area contributed by atoms with Crippen LogP contribution in [-0.4, -0.2) is 19.0 Å². The third kappa shape index (κ3) is 4.20. The highest BCUT2D eigenvalue weighted by Crippen LogP contribution is 2.35. The van der Waals surface area contributed by atoms with Crippen LogP contribution in [0, 0.1) is 5.92 Å². The Morgan fingerprint density at radius 2 is 1.92 bits per heavy atom. The van der Waals surface area contributed by atoms with Crippen LogP contribution in [0.15, 0.2) is 36.4 Å². The van der Waals surface area contributed by atoms with E-state index in [1.807, 2.05) is 6.07 Å². The maximum atomic E-state index is 12.5. The van der Waals surface area contributed by atoms with E-state index in [1.165, 1.54) is 0 Å². The summed E-state index contributed by atoms with van der Waals surface area (Å²) in [7, 11) is 0. The van der Waals surface area contributed by atoms with Gasteiger partial charge in [0.05, 0.1) is 22.1 Å². The predicted octanol–water partition coefficient (Wildman–Crippen LogP) is 5.06. The standard InChI is InChI=1S/C19H21Cl2N3O/c1-12-5-7-24(8-6-12)18-11-17(15(21)10-16(18)22)23-19(25)13-3-2-4-14(20)9-13/h2-4,9-12H,5-8,22H2,1H3,(H,23,25). The van der Waals surface area contributed by atoms with Gasteiger partial charge >= 0.3 is 0 Å². The minimum Gasteiger partial charge on any atom is -0.397 e. The number of hydrogen-bond donors (Lipinski definition) is 2.